The van der Waals surface area contributed by atoms with Gasteiger partial charge >= 0.3 is 0 Å². The largest absolute Gasteiger partial charge is 0.496 e. The first-order valence-corrected chi connectivity index (χ1v) is 12.9. The summed E-state index contributed by atoms with van der Waals surface area (Å²) >= 11 is 6.18. The molecule has 0 spiro atoms. The summed E-state index contributed by atoms with van der Waals surface area (Å²) in [6, 6.07) is 44.9. The van der Waals surface area contributed by atoms with Gasteiger partial charge in [-0.1, -0.05) is 115 Å². The van der Waals surface area contributed by atoms with Crippen molar-refractivity contribution in [3.63, 3.8) is 0 Å². The Morgan fingerprint density at radius 2 is 1.21 bits per heavy atom. The number of methoxy groups -OCH3 is 1. The molecule has 0 aliphatic carbocycles. The van der Waals surface area contributed by atoms with E-state index in [4.69, 9.17) is 16.3 Å². The topological polar surface area (TPSA) is 38.3 Å². The molecule has 3 nitrogen and oxygen atoms in total. The van der Waals surface area contributed by atoms with E-state index in [-0.39, 0.29) is 12.3 Å². The van der Waals surface area contributed by atoms with Crippen LogP contribution >= 0.6 is 11.6 Å². The van der Waals surface area contributed by atoms with Gasteiger partial charge in [0.15, 0.2) is 0 Å². The molecule has 0 saturated heterocycles. The van der Waals surface area contributed by atoms with Crippen molar-refractivity contribution in [1.29, 1.82) is 0 Å². The molecule has 0 aliphatic heterocycles. The van der Waals surface area contributed by atoms with Crippen LogP contribution in [0.25, 0.3) is 0 Å². The summed E-state index contributed by atoms with van der Waals surface area (Å²) in [6.07, 6.45) is 0.148. The second-order valence-electron chi connectivity index (χ2n) is 9.11. The maximum atomic E-state index is 13.1. The highest BCUT2D eigenvalue weighted by atomic mass is 35.5. The maximum absolute atomic E-state index is 13.1. The number of benzene rings is 5. The highest BCUT2D eigenvalue weighted by Gasteiger charge is 2.38. The van der Waals surface area contributed by atoms with Gasteiger partial charge in [-0.3, -0.25) is 4.79 Å². The van der Waals surface area contributed by atoms with Gasteiger partial charge in [-0.05, 0) is 52.6 Å². The van der Waals surface area contributed by atoms with Crippen LogP contribution in [-0.2, 0) is 16.6 Å². The van der Waals surface area contributed by atoms with E-state index in [1.54, 1.807) is 25.3 Å². The molecule has 0 bridgehead atoms. The number of nitrogens with one attached hydrogen (secondary N) is 1. The molecular formula is C34H28ClNO2. The molecule has 5 aromatic carbocycles. The van der Waals surface area contributed by atoms with Gasteiger partial charge in [0, 0.05) is 16.3 Å². The van der Waals surface area contributed by atoms with Crippen LogP contribution in [0.5, 0.6) is 5.75 Å². The number of hydrogen-bond acceptors (Lipinski definition) is 2. The molecule has 38 heavy (non-hydrogen) atoms. The molecule has 0 aliphatic rings. The van der Waals surface area contributed by atoms with Crippen molar-refractivity contribution in [2.75, 3.05) is 12.4 Å². The minimum atomic E-state index is -0.583. The zero-order valence-corrected chi connectivity index (χ0v) is 21.9. The lowest BCUT2D eigenvalue weighted by atomic mass is 9.65. The first kappa shape index (κ1) is 25.3. The Labute approximate surface area is 228 Å². The van der Waals surface area contributed by atoms with Crippen molar-refractivity contribution in [1.82, 2.24) is 0 Å². The fourth-order valence-corrected chi connectivity index (χ4v) is 5.35. The van der Waals surface area contributed by atoms with Crippen LogP contribution in [0.15, 0.2) is 133 Å². The molecule has 1 N–H and O–H groups in total. The van der Waals surface area contributed by atoms with Gasteiger partial charge in [-0.25, -0.2) is 0 Å². The normalized spacial score (nSPS) is 11.1. The SMILES string of the molecule is COc1ccc(Cl)cc1CC(=O)Nc1cccc(C(c2ccccc2)(c2ccccc2)c2ccccc2)c1. The molecule has 0 heterocycles. The average Bonchev–Trinajstić information content (AvgIpc) is 2.96. The summed E-state index contributed by atoms with van der Waals surface area (Å²) in [6.45, 7) is 0. The second-order valence-corrected chi connectivity index (χ2v) is 9.55. The molecule has 4 heteroatoms. The number of halogens is 1. The van der Waals surface area contributed by atoms with Gasteiger partial charge in [-0.15, -0.1) is 0 Å². The molecule has 0 aromatic heterocycles. The summed E-state index contributed by atoms with van der Waals surface area (Å²) in [5.41, 5.74) is 5.36. The first-order valence-electron chi connectivity index (χ1n) is 12.5. The van der Waals surface area contributed by atoms with Crippen molar-refractivity contribution in [2.45, 2.75) is 11.8 Å². The molecule has 0 unspecified atom stereocenters. The number of carbonyl (C=O) groups is 1. The molecule has 1 amide bonds. The molecule has 5 rings (SSSR count). The number of anilines is 1. The molecule has 0 atom stereocenters. The molecular weight excluding hydrogens is 490 g/mol. The Kier molecular flexibility index (Phi) is 7.57. The van der Waals surface area contributed by atoms with Gasteiger partial charge in [0.25, 0.3) is 0 Å². The van der Waals surface area contributed by atoms with E-state index >= 15 is 0 Å². The third-order valence-corrected chi connectivity index (χ3v) is 7.03. The molecule has 0 radical (unpaired) electrons. The zero-order valence-electron chi connectivity index (χ0n) is 21.1. The van der Waals surface area contributed by atoms with Crippen LogP contribution in [0.4, 0.5) is 5.69 Å². The number of amides is 1. The quantitative estimate of drug-likeness (QED) is 0.212. The summed E-state index contributed by atoms with van der Waals surface area (Å²) in [5.74, 6) is 0.488. The van der Waals surface area contributed by atoms with Crippen LogP contribution in [0.2, 0.25) is 5.02 Å². The van der Waals surface area contributed by atoms with E-state index in [2.05, 4.69) is 90.2 Å². The first-order chi connectivity index (χ1) is 18.6. The van der Waals surface area contributed by atoms with Crippen molar-refractivity contribution in [2.24, 2.45) is 0 Å². The number of carbonyl (C=O) groups excluding carboxylic acids is 1. The van der Waals surface area contributed by atoms with Crippen molar-refractivity contribution >= 4 is 23.2 Å². The predicted octanol–water partition coefficient (Wildman–Crippen LogP) is 7.91. The van der Waals surface area contributed by atoms with Crippen molar-refractivity contribution < 1.29 is 9.53 Å². The van der Waals surface area contributed by atoms with Crippen molar-refractivity contribution in [3.8, 4) is 5.75 Å². The van der Waals surface area contributed by atoms with Crippen LogP contribution in [-0.4, -0.2) is 13.0 Å². The van der Waals surface area contributed by atoms with Crippen LogP contribution in [0.3, 0.4) is 0 Å². The predicted molar refractivity (Wildman–Crippen MR) is 155 cm³/mol. The summed E-state index contributed by atoms with van der Waals surface area (Å²) < 4.78 is 5.42. The van der Waals surface area contributed by atoms with Gasteiger partial charge in [-0.2, -0.15) is 0 Å². The van der Waals surface area contributed by atoms with Crippen LogP contribution in [0, 0.1) is 0 Å². The maximum Gasteiger partial charge on any atom is 0.228 e. The minimum absolute atomic E-state index is 0.146. The monoisotopic (exact) mass is 517 g/mol. The standard InChI is InChI=1S/C34H28ClNO2/c1-38-32-21-20-30(35)22-25(32)23-33(37)36-31-19-11-18-29(24-31)34(26-12-5-2-6-13-26,27-14-7-3-8-15-27)28-16-9-4-10-17-28/h2-22,24H,23H2,1H3,(H,36,37). The number of hydrogen-bond donors (Lipinski definition) is 1. The summed E-state index contributed by atoms with van der Waals surface area (Å²) in [5, 5.41) is 3.65. The van der Waals surface area contributed by atoms with E-state index in [9.17, 15) is 4.79 Å². The van der Waals surface area contributed by atoms with Crippen molar-refractivity contribution in [3.05, 3.63) is 166 Å². The highest BCUT2D eigenvalue weighted by molar-refractivity contribution is 6.30. The van der Waals surface area contributed by atoms with E-state index in [0.717, 1.165) is 33.5 Å². The molecule has 188 valence electrons. The molecule has 0 saturated carbocycles. The Morgan fingerprint density at radius 1 is 0.684 bits per heavy atom. The molecule has 0 fully saturated rings. The fourth-order valence-electron chi connectivity index (χ4n) is 5.16. The van der Waals surface area contributed by atoms with Gasteiger partial charge in [0.1, 0.15) is 5.75 Å². The second kappa shape index (κ2) is 11.4. The third-order valence-electron chi connectivity index (χ3n) is 6.79. The lowest BCUT2D eigenvalue weighted by Crippen LogP contribution is -2.31. The number of ether oxygens (including phenoxy) is 1. The van der Waals surface area contributed by atoms with Gasteiger partial charge in [0.2, 0.25) is 5.91 Å². The average molecular weight is 518 g/mol. The fraction of sp³-hybridized carbons (Fsp3) is 0.0882. The van der Waals surface area contributed by atoms with Gasteiger partial charge < -0.3 is 10.1 Å². The van der Waals surface area contributed by atoms with E-state index < -0.39 is 5.41 Å². The van der Waals surface area contributed by atoms with Gasteiger partial charge in [0.05, 0.1) is 18.9 Å². The highest BCUT2D eigenvalue weighted by Crippen LogP contribution is 2.45. The van der Waals surface area contributed by atoms with E-state index in [1.165, 1.54) is 0 Å². The minimum Gasteiger partial charge on any atom is -0.496 e. The van der Waals surface area contributed by atoms with Crippen LogP contribution in [0.1, 0.15) is 27.8 Å². The van der Waals surface area contributed by atoms with E-state index in [1.807, 2.05) is 30.3 Å². The van der Waals surface area contributed by atoms with Crippen LogP contribution < -0.4 is 10.1 Å². The Balaban J connectivity index is 1.59. The summed E-state index contributed by atoms with van der Waals surface area (Å²) in [7, 11) is 1.59. The third kappa shape index (κ3) is 5.06. The lowest BCUT2D eigenvalue weighted by Gasteiger charge is -2.37. The Morgan fingerprint density at radius 3 is 1.74 bits per heavy atom. The zero-order chi connectivity index (χ0) is 26.4. The smallest absolute Gasteiger partial charge is 0.228 e. The molecule has 5 aromatic rings. The number of rotatable bonds is 8. The Bertz CT molecular complexity index is 1420. The lowest BCUT2D eigenvalue weighted by molar-refractivity contribution is -0.115. The Hall–Kier alpha value is -4.34. The van der Waals surface area contributed by atoms with E-state index in [0.29, 0.717) is 10.8 Å². The summed E-state index contributed by atoms with van der Waals surface area (Å²) in [4.78, 5) is 13.1.